The average Bonchev–Trinajstić information content (AvgIpc) is 3.92. The number of carbonyl (C=O) groups excluding carboxylic acids is 6. The van der Waals surface area contributed by atoms with E-state index in [1.165, 1.54) is 23.1 Å². The maximum Gasteiger partial charge on any atom is 0.410 e. The fourth-order valence-electron chi connectivity index (χ4n) is 7.79. The molecule has 3 aliphatic carbocycles. The summed E-state index contributed by atoms with van der Waals surface area (Å²) in [5, 5.41) is 4.54. The predicted octanol–water partition coefficient (Wildman–Crippen LogP) is 3.91. The van der Waals surface area contributed by atoms with Gasteiger partial charge < -0.3 is 25.0 Å². The molecule has 1 saturated heterocycles. The minimum absolute atomic E-state index is 0.0461. The number of nitrogens with zero attached hydrogens (tertiary/aromatic N) is 2. The van der Waals surface area contributed by atoms with Crippen molar-refractivity contribution in [2.45, 2.75) is 133 Å². The van der Waals surface area contributed by atoms with Crippen LogP contribution in [0.3, 0.4) is 0 Å². The minimum atomic E-state index is -3.97. The van der Waals surface area contributed by atoms with Crippen molar-refractivity contribution < 1.29 is 51.0 Å². The zero-order valence-corrected chi connectivity index (χ0v) is 33.4. The highest BCUT2D eigenvalue weighted by molar-refractivity contribution is 7.91. The number of nitrogens with one attached hydrogen (secondary N) is 3. The molecule has 0 bridgehead atoms. The number of benzene rings is 1. The summed E-state index contributed by atoms with van der Waals surface area (Å²) in [7, 11) is -3.97. The van der Waals surface area contributed by atoms with Gasteiger partial charge in [-0.2, -0.15) is 0 Å². The Kier molecular flexibility index (Phi) is 12.2. The number of fused-ring (bicyclic) bond motifs is 1. The van der Waals surface area contributed by atoms with Crippen LogP contribution in [0.15, 0.2) is 43.0 Å². The van der Waals surface area contributed by atoms with Crippen molar-refractivity contribution in [1.82, 2.24) is 25.2 Å². The summed E-state index contributed by atoms with van der Waals surface area (Å²) in [4.78, 5) is 84.1. The van der Waals surface area contributed by atoms with Gasteiger partial charge in [0.1, 0.15) is 35.1 Å². The summed E-state index contributed by atoms with van der Waals surface area (Å²) in [6, 6.07) is 1.82. The van der Waals surface area contributed by atoms with Crippen molar-refractivity contribution in [3.8, 4) is 0 Å². The number of ether oxygens (including phenoxy) is 2. The molecule has 0 spiro atoms. The van der Waals surface area contributed by atoms with Crippen molar-refractivity contribution in [1.29, 1.82) is 0 Å². The normalized spacial score (nSPS) is 25.1. The van der Waals surface area contributed by atoms with Gasteiger partial charge in [-0.3, -0.25) is 28.8 Å². The molecule has 4 fully saturated rings. The van der Waals surface area contributed by atoms with Gasteiger partial charge in [-0.1, -0.05) is 37.1 Å². The van der Waals surface area contributed by atoms with E-state index in [0.29, 0.717) is 29.9 Å². The first-order valence-corrected chi connectivity index (χ1v) is 21.2. The third-order valence-corrected chi connectivity index (χ3v) is 13.0. The summed E-state index contributed by atoms with van der Waals surface area (Å²) in [6.45, 7) is 8.39. The van der Waals surface area contributed by atoms with Crippen molar-refractivity contribution >= 4 is 45.7 Å². The molecule has 0 aromatic heterocycles. The number of rotatable bonds is 14. The van der Waals surface area contributed by atoms with Gasteiger partial charge in [-0.15, -0.1) is 6.58 Å². The van der Waals surface area contributed by atoms with Gasteiger partial charge in [0.2, 0.25) is 21.8 Å². The number of hydrogen-bond acceptors (Lipinski definition) is 10. The molecule has 0 radical (unpaired) electrons. The van der Waals surface area contributed by atoms with E-state index in [1.54, 1.807) is 32.9 Å². The monoisotopic (exact) mass is 813 g/mol. The van der Waals surface area contributed by atoms with Crippen LogP contribution in [-0.4, -0.2) is 95.0 Å². The zero-order chi connectivity index (χ0) is 41.3. The van der Waals surface area contributed by atoms with Gasteiger partial charge in [0, 0.05) is 30.9 Å². The highest BCUT2D eigenvalue weighted by Gasteiger charge is 2.62. The second-order valence-electron chi connectivity index (χ2n) is 16.8. The quantitative estimate of drug-likeness (QED) is 0.183. The summed E-state index contributed by atoms with van der Waals surface area (Å²) in [6.07, 6.45) is 6.54. The van der Waals surface area contributed by atoms with Gasteiger partial charge in [0.05, 0.1) is 18.3 Å². The maximum atomic E-state index is 14.5. The number of hydrogen-bond donors (Lipinski definition) is 3. The third kappa shape index (κ3) is 10.0. The Morgan fingerprint density at radius 1 is 1.07 bits per heavy atom. The second kappa shape index (κ2) is 16.6. The standard InChI is InChI=1S/C40H52FN5O10S/c1-5-26-20-40(26,36(50)44-57(53,54)29-16-17-29)43-34(48)33-19-28(55-38(52)45-21-25-11-8-12-31(41)30(25)23-45)22-46(33)35(49)32(42-37(51)56-39(2,3)4)18-15-27(47)14-13-24-9-6-7-10-24/h5,8,11-14,24,26,28-29,32-33H,1,6-7,9-10,15-23H2,2-4H3,(H,42,51)(H,43,48)(H,44,50). The fourth-order valence-corrected chi connectivity index (χ4v) is 9.16. The van der Waals surface area contributed by atoms with Gasteiger partial charge >= 0.3 is 12.2 Å². The van der Waals surface area contributed by atoms with Gasteiger partial charge in [-0.25, -0.2) is 22.4 Å². The molecular formula is C40H52FN5O10S. The third-order valence-electron chi connectivity index (χ3n) is 11.2. The van der Waals surface area contributed by atoms with E-state index < -0.39 is 86.2 Å². The van der Waals surface area contributed by atoms with Crippen molar-refractivity contribution in [2.75, 3.05) is 6.54 Å². The summed E-state index contributed by atoms with van der Waals surface area (Å²) in [5.74, 6) is -3.56. The first-order valence-electron chi connectivity index (χ1n) is 19.6. The number of sulfonamides is 1. The van der Waals surface area contributed by atoms with E-state index in [4.69, 9.17) is 9.47 Å². The predicted molar refractivity (Wildman–Crippen MR) is 204 cm³/mol. The molecule has 1 aromatic rings. The van der Waals surface area contributed by atoms with E-state index in [9.17, 15) is 41.6 Å². The van der Waals surface area contributed by atoms with Gasteiger partial charge in [0.25, 0.3) is 5.91 Å². The van der Waals surface area contributed by atoms with Crippen molar-refractivity contribution in [3.05, 3.63) is 60.0 Å². The lowest BCUT2D eigenvalue weighted by Gasteiger charge is -2.30. The maximum absolute atomic E-state index is 14.5. The highest BCUT2D eigenvalue weighted by Crippen LogP contribution is 2.45. The first kappa shape index (κ1) is 41.8. The molecule has 5 aliphatic rings. The number of halogens is 1. The molecule has 15 nitrogen and oxygen atoms in total. The number of carbonyl (C=O) groups is 6. The number of alkyl carbamates (subject to hydrolysis) is 1. The Morgan fingerprint density at radius 2 is 1.79 bits per heavy atom. The number of likely N-dealkylation sites (tertiary alicyclic amines) is 1. The molecule has 5 amide bonds. The molecule has 5 atom stereocenters. The topological polar surface area (TPSA) is 198 Å². The lowest BCUT2D eigenvalue weighted by atomic mass is 10.0. The Labute approximate surface area is 332 Å². The van der Waals surface area contributed by atoms with Crippen LogP contribution in [0.25, 0.3) is 0 Å². The Morgan fingerprint density at radius 3 is 2.42 bits per heavy atom. The van der Waals surface area contributed by atoms with Crippen LogP contribution >= 0.6 is 0 Å². The Balaban J connectivity index is 1.22. The molecule has 5 unspecified atom stereocenters. The van der Waals surface area contributed by atoms with Gasteiger partial charge in [0.15, 0.2) is 5.78 Å². The Bertz CT molecular complexity index is 1940. The molecular weight excluding hydrogens is 762 g/mol. The minimum Gasteiger partial charge on any atom is -0.444 e. The lowest BCUT2D eigenvalue weighted by molar-refractivity contribution is -0.141. The van der Waals surface area contributed by atoms with Crippen molar-refractivity contribution in [2.24, 2.45) is 11.8 Å². The zero-order valence-electron chi connectivity index (χ0n) is 32.6. The van der Waals surface area contributed by atoms with Crippen molar-refractivity contribution in [3.63, 3.8) is 0 Å². The van der Waals surface area contributed by atoms with Crippen LogP contribution in [-0.2, 0) is 51.8 Å². The average molecular weight is 814 g/mol. The number of ketones is 1. The molecule has 6 rings (SSSR count). The van der Waals surface area contributed by atoms with Crippen LogP contribution < -0.4 is 15.4 Å². The van der Waals surface area contributed by atoms with Gasteiger partial charge in [-0.05, 0) is 82.9 Å². The summed E-state index contributed by atoms with van der Waals surface area (Å²) >= 11 is 0. The molecule has 57 heavy (non-hydrogen) atoms. The molecule has 2 heterocycles. The van der Waals surface area contributed by atoms with E-state index in [1.807, 2.05) is 6.08 Å². The highest BCUT2D eigenvalue weighted by atomic mass is 32.2. The Hall–Kier alpha value is -4.80. The lowest BCUT2D eigenvalue weighted by Crippen LogP contribution is -2.58. The van der Waals surface area contributed by atoms with E-state index in [2.05, 4.69) is 21.9 Å². The molecule has 3 saturated carbocycles. The van der Waals surface area contributed by atoms with Crippen LogP contribution in [0.5, 0.6) is 0 Å². The first-order chi connectivity index (χ1) is 26.9. The molecule has 1 aromatic carbocycles. The summed E-state index contributed by atoms with van der Waals surface area (Å²) in [5.41, 5.74) is -1.63. The molecule has 2 aliphatic heterocycles. The number of allylic oxidation sites excluding steroid dienone is 2. The van der Waals surface area contributed by atoms with Crippen LogP contribution in [0, 0.1) is 17.7 Å². The molecule has 17 heteroatoms. The van der Waals surface area contributed by atoms with E-state index in [0.717, 1.165) is 30.6 Å². The number of amides is 5. The van der Waals surface area contributed by atoms with Crippen LogP contribution in [0.2, 0.25) is 0 Å². The fraction of sp³-hybridized carbons (Fsp3) is 0.600. The van der Waals surface area contributed by atoms with E-state index >= 15 is 0 Å². The van der Waals surface area contributed by atoms with Crippen LogP contribution in [0.4, 0.5) is 14.0 Å². The van der Waals surface area contributed by atoms with E-state index in [-0.39, 0.29) is 51.1 Å². The molecule has 310 valence electrons. The second-order valence-corrected chi connectivity index (χ2v) is 18.7. The molecule has 3 N–H and O–H groups in total. The largest absolute Gasteiger partial charge is 0.444 e. The summed E-state index contributed by atoms with van der Waals surface area (Å²) < 4.78 is 53.2. The SMILES string of the molecule is C=CC1CC1(NC(=O)C1CC(OC(=O)N2Cc3cccc(F)c3C2)CN1C(=O)C(CCC(=O)C=CC1CCCC1)NC(=O)OC(C)(C)C)C(=O)NS(=O)(=O)C1CC1. The van der Waals surface area contributed by atoms with Crippen LogP contribution in [0.1, 0.15) is 96.1 Å². The smallest absolute Gasteiger partial charge is 0.410 e.